The van der Waals surface area contributed by atoms with E-state index in [0.717, 1.165) is 22.3 Å². The van der Waals surface area contributed by atoms with Crippen LogP contribution in [0.3, 0.4) is 0 Å². The van der Waals surface area contributed by atoms with Crippen molar-refractivity contribution in [1.82, 2.24) is 5.32 Å². The maximum Gasteiger partial charge on any atom is 0.0294 e. The fraction of sp³-hybridized carbons (Fsp3) is 1.00. The van der Waals surface area contributed by atoms with Crippen molar-refractivity contribution in [3.8, 4) is 0 Å². The van der Waals surface area contributed by atoms with Crippen molar-refractivity contribution >= 4 is 23.5 Å². The minimum absolute atomic E-state index is 0.715. The van der Waals surface area contributed by atoms with Gasteiger partial charge in [-0.15, -0.1) is 0 Å². The molecule has 1 nitrogen and oxygen atoms in total. The topological polar surface area (TPSA) is 12.0 Å². The van der Waals surface area contributed by atoms with Gasteiger partial charge in [-0.05, 0) is 13.0 Å². The van der Waals surface area contributed by atoms with Crippen molar-refractivity contribution in [2.75, 3.05) is 12.3 Å². The third-order valence-corrected chi connectivity index (χ3v) is 6.48. The Balaban J connectivity index is 2.43. The molecule has 0 spiro atoms. The van der Waals surface area contributed by atoms with Gasteiger partial charge in [0.25, 0.3) is 0 Å². The van der Waals surface area contributed by atoms with E-state index in [0.29, 0.717) is 6.04 Å². The molecule has 0 amide bonds. The third-order valence-electron chi connectivity index (χ3n) is 2.93. The molecule has 3 heteroatoms. The van der Waals surface area contributed by atoms with Crippen LogP contribution < -0.4 is 5.32 Å². The van der Waals surface area contributed by atoms with Crippen molar-refractivity contribution in [2.45, 2.75) is 55.9 Å². The Hall–Kier alpha value is 0.660. The maximum atomic E-state index is 3.60. The fourth-order valence-corrected chi connectivity index (χ4v) is 5.05. The van der Waals surface area contributed by atoms with E-state index in [9.17, 15) is 0 Å². The Labute approximate surface area is 97.2 Å². The number of thioether (sulfide) groups is 2. The number of nitrogens with one attached hydrogen (secondary N) is 1. The van der Waals surface area contributed by atoms with Gasteiger partial charge in [-0.3, -0.25) is 0 Å². The second-order valence-corrected chi connectivity index (χ2v) is 7.02. The number of rotatable bonds is 4. The van der Waals surface area contributed by atoms with Crippen LogP contribution in [-0.4, -0.2) is 34.1 Å². The van der Waals surface area contributed by atoms with Gasteiger partial charge >= 0.3 is 0 Å². The summed E-state index contributed by atoms with van der Waals surface area (Å²) in [6.07, 6.45) is 1.26. The highest BCUT2D eigenvalue weighted by Gasteiger charge is 2.29. The van der Waals surface area contributed by atoms with Gasteiger partial charge in [0.1, 0.15) is 0 Å². The van der Waals surface area contributed by atoms with Crippen LogP contribution in [0.2, 0.25) is 0 Å². The lowest BCUT2D eigenvalue weighted by Crippen LogP contribution is -2.42. The van der Waals surface area contributed by atoms with Crippen molar-refractivity contribution in [1.29, 1.82) is 0 Å². The molecule has 14 heavy (non-hydrogen) atoms. The summed E-state index contributed by atoms with van der Waals surface area (Å²) in [6, 6.07) is 0.715. The molecule has 1 heterocycles. The summed E-state index contributed by atoms with van der Waals surface area (Å²) in [6.45, 7) is 10.3. The first kappa shape index (κ1) is 12.7. The molecular formula is C11H23NS2. The minimum Gasteiger partial charge on any atom is -0.313 e. The van der Waals surface area contributed by atoms with Crippen molar-refractivity contribution in [3.05, 3.63) is 0 Å². The highest BCUT2D eigenvalue weighted by atomic mass is 32.2. The lowest BCUT2D eigenvalue weighted by molar-refractivity contribution is 0.509. The van der Waals surface area contributed by atoms with E-state index in [1.807, 2.05) is 0 Å². The van der Waals surface area contributed by atoms with E-state index in [2.05, 4.69) is 56.5 Å². The van der Waals surface area contributed by atoms with Gasteiger partial charge in [-0.25, -0.2) is 0 Å². The Kier molecular flexibility index (Phi) is 5.72. The molecule has 0 aromatic rings. The summed E-state index contributed by atoms with van der Waals surface area (Å²) in [4.78, 5) is 0. The van der Waals surface area contributed by atoms with Crippen molar-refractivity contribution in [2.24, 2.45) is 0 Å². The van der Waals surface area contributed by atoms with Gasteiger partial charge in [0.15, 0.2) is 0 Å². The molecule has 4 unspecified atom stereocenters. The lowest BCUT2D eigenvalue weighted by Gasteiger charge is -2.35. The van der Waals surface area contributed by atoms with Gasteiger partial charge in [0, 0.05) is 27.5 Å². The Morgan fingerprint density at radius 3 is 2.50 bits per heavy atom. The zero-order chi connectivity index (χ0) is 10.6. The molecule has 1 N–H and O–H groups in total. The average Bonchev–Trinajstić information content (AvgIpc) is 2.19. The molecule has 0 aromatic carbocycles. The van der Waals surface area contributed by atoms with Gasteiger partial charge in [0.05, 0.1) is 0 Å². The summed E-state index contributed by atoms with van der Waals surface area (Å²) in [5, 5.41) is 6.06. The zero-order valence-corrected chi connectivity index (χ0v) is 11.4. The fourth-order valence-electron chi connectivity index (χ4n) is 1.82. The van der Waals surface area contributed by atoms with Gasteiger partial charge in [0.2, 0.25) is 0 Å². The van der Waals surface area contributed by atoms with E-state index in [1.165, 1.54) is 12.2 Å². The molecule has 1 aliphatic heterocycles. The molecule has 0 bridgehead atoms. The Morgan fingerprint density at radius 1 is 1.29 bits per heavy atom. The van der Waals surface area contributed by atoms with Crippen LogP contribution in [0.5, 0.6) is 0 Å². The van der Waals surface area contributed by atoms with Gasteiger partial charge in [-0.1, -0.05) is 27.7 Å². The molecule has 1 aliphatic rings. The van der Waals surface area contributed by atoms with E-state index in [-0.39, 0.29) is 0 Å². The summed E-state index contributed by atoms with van der Waals surface area (Å²) >= 11 is 4.33. The first-order valence-electron chi connectivity index (χ1n) is 5.69. The van der Waals surface area contributed by atoms with Crippen LogP contribution in [0.1, 0.15) is 34.1 Å². The van der Waals surface area contributed by atoms with Crippen LogP contribution >= 0.6 is 23.5 Å². The lowest BCUT2D eigenvalue weighted by atomic mass is 10.1. The van der Waals surface area contributed by atoms with Crippen LogP contribution in [0, 0.1) is 0 Å². The minimum atomic E-state index is 0.715. The van der Waals surface area contributed by atoms with Crippen molar-refractivity contribution < 1.29 is 0 Å². The third kappa shape index (κ3) is 3.35. The van der Waals surface area contributed by atoms with Crippen LogP contribution in [-0.2, 0) is 0 Å². The van der Waals surface area contributed by atoms with E-state index in [1.54, 1.807) is 0 Å². The standard InChI is InChI=1S/C11H23NS2/c1-5-10(12-6-2)11-7-13-8(3)9(4)14-11/h8-12H,5-7H2,1-4H3. The second kappa shape index (κ2) is 6.29. The van der Waals surface area contributed by atoms with Crippen LogP contribution in [0.15, 0.2) is 0 Å². The van der Waals surface area contributed by atoms with E-state index in [4.69, 9.17) is 0 Å². The maximum absolute atomic E-state index is 3.60. The number of hydrogen-bond acceptors (Lipinski definition) is 3. The first-order valence-corrected chi connectivity index (χ1v) is 7.68. The molecule has 84 valence electrons. The molecular weight excluding hydrogens is 210 g/mol. The molecule has 0 saturated carbocycles. The molecule has 0 radical (unpaired) electrons. The van der Waals surface area contributed by atoms with Crippen molar-refractivity contribution in [3.63, 3.8) is 0 Å². The van der Waals surface area contributed by atoms with Crippen LogP contribution in [0.25, 0.3) is 0 Å². The first-order chi connectivity index (χ1) is 6.69. The smallest absolute Gasteiger partial charge is 0.0294 e. The molecule has 0 aromatic heterocycles. The summed E-state index contributed by atoms with van der Waals surface area (Å²) < 4.78 is 0. The van der Waals surface area contributed by atoms with Gasteiger partial charge < -0.3 is 5.32 Å². The van der Waals surface area contributed by atoms with Crippen LogP contribution in [0.4, 0.5) is 0 Å². The van der Waals surface area contributed by atoms with E-state index < -0.39 is 0 Å². The molecule has 1 saturated heterocycles. The molecule has 1 rings (SSSR count). The quantitative estimate of drug-likeness (QED) is 0.802. The summed E-state index contributed by atoms with van der Waals surface area (Å²) in [7, 11) is 0. The molecule has 0 aliphatic carbocycles. The highest BCUT2D eigenvalue weighted by molar-refractivity contribution is 8.07. The average molecular weight is 233 g/mol. The highest BCUT2D eigenvalue weighted by Crippen LogP contribution is 2.37. The summed E-state index contributed by atoms with van der Waals surface area (Å²) in [5.74, 6) is 1.32. The molecule has 4 atom stereocenters. The predicted octanol–water partition coefficient (Wildman–Crippen LogP) is 3.00. The monoisotopic (exact) mass is 233 g/mol. The Bertz CT molecular complexity index is 163. The second-order valence-electron chi connectivity index (χ2n) is 3.99. The Morgan fingerprint density at radius 2 is 2.00 bits per heavy atom. The van der Waals surface area contributed by atoms with E-state index >= 15 is 0 Å². The normalized spacial score (nSPS) is 35.6. The summed E-state index contributed by atoms with van der Waals surface area (Å²) in [5.41, 5.74) is 0. The zero-order valence-electron chi connectivity index (χ0n) is 9.75. The SMILES string of the molecule is CCNC(CC)C1CSC(C)C(C)S1. The van der Waals surface area contributed by atoms with Gasteiger partial charge in [-0.2, -0.15) is 23.5 Å². The predicted molar refractivity (Wildman–Crippen MR) is 70.5 cm³/mol. The largest absolute Gasteiger partial charge is 0.313 e. The number of hydrogen-bond donors (Lipinski definition) is 1. The molecule has 1 fully saturated rings.